The van der Waals surface area contributed by atoms with Crippen LogP contribution in [0.4, 0.5) is 10.5 Å². The zero-order valence-corrected chi connectivity index (χ0v) is 20.1. The van der Waals surface area contributed by atoms with Crippen molar-refractivity contribution in [3.63, 3.8) is 0 Å². The standard InChI is InChI=1S/C26H41N3O3/c1-4-7-11-22-20(19-32-24-13-10-12-23(28)21(24)18-27)14-17-29(25(30)31)26(22,15-8-5-2)16-9-6-3/h10,12-13,20,22H,4-9,11,14-17,19,28H2,1-3H3,(H,30,31). The fraction of sp³-hybridized carbons (Fsp3) is 0.692. The summed E-state index contributed by atoms with van der Waals surface area (Å²) in [7, 11) is 0. The molecule has 2 atom stereocenters. The Balaban J connectivity index is 2.38. The number of likely N-dealkylation sites (tertiary alicyclic amines) is 1. The van der Waals surface area contributed by atoms with Crippen LogP contribution < -0.4 is 10.5 Å². The van der Waals surface area contributed by atoms with E-state index in [0.29, 0.717) is 30.2 Å². The normalized spacial score (nSPS) is 20.0. The van der Waals surface area contributed by atoms with Crippen molar-refractivity contribution in [3.8, 4) is 11.8 Å². The van der Waals surface area contributed by atoms with Crippen LogP contribution in [0.25, 0.3) is 0 Å². The summed E-state index contributed by atoms with van der Waals surface area (Å²) in [5.74, 6) is 1.02. The maximum absolute atomic E-state index is 12.4. The SMILES string of the molecule is CCCCC1C(COc2cccc(N)c2C#N)CCN(C(=O)O)C1(CCCC)CCCC. The van der Waals surface area contributed by atoms with Crippen molar-refractivity contribution in [3.05, 3.63) is 23.8 Å². The molecule has 1 aliphatic rings. The van der Waals surface area contributed by atoms with E-state index in [4.69, 9.17) is 10.5 Å². The van der Waals surface area contributed by atoms with Crippen molar-refractivity contribution < 1.29 is 14.6 Å². The van der Waals surface area contributed by atoms with E-state index in [2.05, 4.69) is 26.8 Å². The van der Waals surface area contributed by atoms with Crippen molar-refractivity contribution >= 4 is 11.8 Å². The molecule has 32 heavy (non-hydrogen) atoms. The van der Waals surface area contributed by atoms with Gasteiger partial charge >= 0.3 is 6.09 Å². The molecule has 0 spiro atoms. The van der Waals surface area contributed by atoms with Crippen LogP contribution in [-0.2, 0) is 0 Å². The molecule has 1 aromatic rings. The molecule has 6 heteroatoms. The fourth-order valence-corrected chi connectivity index (χ4v) is 5.49. The number of nitrogen functional groups attached to an aromatic ring is 1. The van der Waals surface area contributed by atoms with Crippen LogP contribution in [0.3, 0.4) is 0 Å². The van der Waals surface area contributed by atoms with Crippen LogP contribution in [0.2, 0.25) is 0 Å². The van der Waals surface area contributed by atoms with E-state index in [1.165, 1.54) is 0 Å². The molecule has 0 aromatic heterocycles. The quantitative estimate of drug-likeness (QED) is 0.362. The van der Waals surface area contributed by atoms with Crippen molar-refractivity contribution in [2.24, 2.45) is 11.8 Å². The topological polar surface area (TPSA) is 99.6 Å². The van der Waals surface area contributed by atoms with E-state index in [-0.39, 0.29) is 17.4 Å². The van der Waals surface area contributed by atoms with Crippen molar-refractivity contribution in [2.45, 2.75) is 90.5 Å². The number of ether oxygens (including phenoxy) is 1. The Hall–Kier alpha value is -2.42. The van der Waals surface area contributed by atoms with E-state index in [1.807, 2.05) is 0 Å². The molecule has 1 heterocycles. The minimum atomic E-state index is -0.791. The molecule has 178 valence electrons. The first-order valence-corrected chi connectivity index (χ1v) is 12.4. The van der Waals surface area contributed by atoms with Crippen LogP contribution in [0.15, 0.2) is 18.2 Å². The number of unbranched alkanes of at least 4 members (excludes halogenated alkanes) is 3. The van der Waals surface area contributed by atoms with E-state index < -0.39 is 6.09 Å². The van der Waals surface area contributed by atoms with Gasteiger partial charge in [-0.05, 0) is 49.7 Å². The lowest BCUT2D eigenvalue weighted by molar-refractivity contribution is -0.0536. The zero-order chi connectivity index (χ0) is 23.6. The number of carboxylic acid groups (broad SMARTS) is 1. The lowest BCUT2D eigenvalue weighted by Gasteiger charge is -2.55. The van der Waals surface area contributed by atoms with Gasteiger partial charge in [-0.3, -0.25) is 0 Å². The average molecular weight is 444 g/mol. The van der Waals surface area contributed by atoms with Gasteiger partial charge in [-0.15, -0.1) is 0 Å². The van der Waals surface area contributed by atoms with Crippen molar-refractivity contribution in [1.29, 1.82) is 5.26 Å². The number of hydrogen-bond acceptors (Lipinski definition) is 4. The van der Waals surface area contributed by atoms with E-state index in [1.54, 1.807) is 23.1 Å². The number of rotatable bonds is 12. The van der Waals surface area contributed by atoms with Gasteiger partial charge in [0.05, 0.1) is 12.3 Å². The molecular formula is C26H41N3O3. The van der Waals surface area contributed by atoms with Gasteiger partial charge in [0.25, 0.3) is 0 Å². The lowest BCUT2D eigenvalue weighted by Crippen LogP contribution is -2.62. The molecule has 6 nitrogen and oxygen atoms in total. The molecule has 0 radical (unpaired) electrons. The van der Waals surface area contributed by atoms with Crippen molar-refractivity contribution in [2.75, 3.05) is 18.9 Å². The number of anilines is 1. The molecule has 1 aromatic carbocycles. The van der Waals surface area contributed by atoms with E-state index in [0.717, 1.165) is 64.2 Å². The average Bonchev–Trinajstić information content (AvgIpc) is 2.78. The van der Waals surface area contributed by atoms with Gasteiger partial charge in [0.15, 0.2) is 0 Å². The summed E-state index contributed by atoms with van der Waals surface area (Å²) in [6.07, 6.45) is 9.13. The van der Waals surface area contributed by atoms with Crippen LogP contribution >= 0.6 is 0 Å². The van der Waals surface area contributed by atoms with Gasteiger partial charge in [0.2, 0.25) is 0 Å². The summed E-state index contributed by atoms with van der Waals surface area (Å²) >= 11 is 0. The summed E-state index contributed by atoms with van der Waals surface area (Å²) in [6, 6.07) is 7.47. The molecule has 1 fully saturated rings. The highest BCUT2D eigenvalue weighted by Gasteiger charge is 2.51. The van der Waals surface area contributed by atoms with Gasteiger partial charge in [-0.2, -0.15) is 5.26 Å². The molecule has 1 aliphatic heterocycles. The minimum Gasteiger partial charge on any atom is -0.492 e. The Morgan fingerprint density at radius 2 is 1.88 bits per heavy atom. The number of amides is 1. The van der Waals surface area contributed by atoms with E-state index >= 15 is 0 Å². The first-order valence-electron chi connectivity index (χ1n) is 12.4. The number of carbonyl (C=O) groups is 1. The van der Waals surface area contributed by atoms with Crippen LogP contribution in [-0.4, -0.2) is 34.8 Å². The summed E-state index contributed by atoms with van der Waals surface area (Å²) < 4.78 is 6.19. The van der Waals surface area contributed by atoms with Gasteiger partial charge in [-0.25, -0.2) is 4.79 Å². The molecule has 0 bridgehead atoms. The summed E-state index contributed by atoms with van der Waals surface area (Å²) in [5.41, 5.74) is 6.43. The highest BCUT2D eigenvalue weighted by Crippen LogP contribution is 2.47. The van der Waals surface area contributed by atoms with Crippen molar-refractivity contribution in [1.82, 2.24) is 4.90 Å². The van der Waals surface area contributed by atoms with Crippen LogP contribution in [0, 0.1) is 23.2 Å². The number of benzene rings is 1. The number of nitrogens with two attached hydrogens (primary N) is 1. The fourth-order valence-electron chi connectivity index (χ4n) is 5.49. The minimum absolute atomic E-state index is 0.247. The van der Waals surface area contributed by atoms with Gasteiger partial charge in [0.1, 0.15) is 17.4 Å². The number of hydrogen-bond donors (Lipinski definition) is 2. The molecule has 0 saturated carbocycles. The maximum Gasteiger partial charge on any atom is 0.407 e. The monoisotopic (exact) mass is 443 g/mol. The smallest absolute Gasteiger partial charge is 0.407 e. The predicted octanol–water partition coefficient (Wildman–Crippen LogP) is 6.44. The highest BCUT2D eigenvalue weighted by molar-refractivity contribution is 5.66. The Labute approximate surface area is 193 Å². The zero-order valence-electron chi connectivity index (χ0n) is 20.1. The Bertz CT molecular complexity index is 766. The Kier molecular flexibility index (Phi) is 10.2. The Morgan fingerprint density at radius 3 is 2.44 bits per heavy atom. The second-order valence-electron chi connectivity index (χ2n) is 9.19. The molecule has 0 aliphatic carbocycles. The summed E-state index contributed by atoms with van der Waals surface area (Å²) in [6.45, 7) is 7.56. The first kappa shape index (κ1) is 25.8. The van der Waals surface area contributed by atoms with Gasteiger partial charge in [-0.1, -0.05) is 65.4 Å². The van der Waals surface area contributed by atoms with E-state index in [9.17, 15) is 15.2 Å². The highest BCUT2D eigenvalue weighted by atomic mass is 16.5. The molecule has 2 unspecified atom stereocenters. The second kappa shape index (κ2) is 12.6. The molecule has 3 N–H and O–H groups in total. The molecule has 2 rings (SSSR count). The summed E-state index contributed by atoms with van der Waals surface area (Å²) in [4.78, 5) is 14.1. The van der Waals surface area contributed by atoms with Crippen LogP contribution in [0.5, 0.6) is 5.75 Å². The van der Waals surface area contributed by atoms with Gasteiger partial charge < -0.3 is 20.5 Å². The van der Waals surface area contributed by atoms with Crippen LogP contribution in [0.1, 0.15) is 90.5 Å². The number of nitriles is 1. The molecule has 1 saturated heterocycles. The van der Waals surface area contributed by atoms with Gasteiger partial charge in [0, 0.05) is 12.1 Å². The maximum atomic E-state index is 12.4. The largest absolute Gasteiger partial charge is 0.492 e. The molecule has 1 amide bonds. The third kappa shape index (κ3) is 5.88. The molecular weight excluding hydrogens is 402 g/mol. The predicted molar refractivity (Wildman–Crippen MR) is 129 cm³/mol. The first-order chi connectivity index (χ1) is 15.4. The Morgan fingerprint density at radius 1 is 1.22 bits per heavy atom. The third-order valence-corrected chi connectivity index (χ3v) is 7.17. The lowest BCUT2D eigenvalue weighted by atomic mass is 9.64. The number of piperidine rings is 1. The number of nitrogens with zero attached hydrogens (tertiary/aromatic N) is 2. The third-order valence-electron chi connectivity index (χ3n) is 7.17. The summed E-state index contributed by atoms with van der Waals surface area (Å²) in [5, 5.41) is 19.6. The second-order valence-corrected chi connectivity index (χ2v) is 9.19.